The van der Waals surface area contributed by atoms with Gasteiger partial charge in [0.25, 0.3) is 0 Å². The Labute approximate surface area is 112 Å². The second-order valence-corrected chi connectivity index (χ2v) is 4.41. The van der Waals surface area contributed by atoms with Gasteiger partial charge in [-0.2, -0.15) is 5.10 Å². The fourth-order valence-electron chi connectivity index (χ4n) is 1.79. The maximum atomic E-state index is 11.7. The molecule has 0 unspecified atom stereocenters. The minimum Gasteiger partial charge on any atom is -0.334 e. The number of rotatable bonds is 4. The number of hydrogen-bond acceptors (Lipinski definition) is 2. The van der Waals surface area contributed by atoms with Gasteiger partial charge in [-0.15, -0.1) is 0 Å². The van der Waals surface area contributed by atoms with Crippen LogP contribution in [0.3, 0.4) is 0 Å². The third-order valence-electron chi connectivity index (χ3n) is 3.05. The highest BCUT2D eigenvalue weighted by molar-refractivity contribution is 5.73. The lowest BCUT2D eigenvalue weighted by Gasteiger charge is -2.09. The summed E-state index contributed by atoms with van der Waals surface area (Å²) in [5.41, 5.74) is 3.26. The summed E-state index contributed by atoms with van der Waals surface area (Å²) in [6.07, 6.45) is 1.71. The molecule has 0 saturated carbocycles. The molecule has 19 heavy (non-hydrogen) atoms. The summed E-state index contributed by atoms with van der Waals surface area (Å²) in [4.78, 5) is 11.7. The molecule has 1 heterocycles. The van der Waals surface area contributed by atoms with Crippen LogP contribution in [0.4, 0.5) is 4.79 Å². The molecule has 2 rings (SSSR count). The van der Waals surface area contributed by atoms with Gasteiger partial charge < -0.3 is 10.6 Å². The monoisotopic (exact) mass is 258 g/mol. The summed E-state index contributed by atoms with van der Waals surface area (Å²) in [6.45, 7) is 3.03. The number of carbonyl (C=O) groups excluding carboxylic acids is 1. The Hall–Kier alpha value is -2.30. The highest BCUT2D eigenvalue weighted by Gasteiger charge is 2.03. The lowest BCUT2D eigenvalue weighted by Crippen LogP contribution is -2.35. The highest BCUT2D eigenvalue weighted by atomic mass is 16.2. The summed E-state index contributed by atoms with van der Waals surface area (Å²) in [5, 5.41) is 9.69. The number of carbonyl (C=O) groups is 1. The van der Waals surface area contributed by atoms with Crippen molar-refractivity contribution in [3.8, 4) is 0 Å². The standard InChI is InChI=1S/C14H18N4O/c1-11-5-3-4-6-12(11)9-15-14(19)16-10-13-7-8-17-18(13)2/h3-8H,9-10H2,1-2H3,(H2,15,16,19). The summed E-state index contributed by atoms with van der Waals surface area (Å²) >= 11 is 0. The van der Waals surface area contributed by atoms with Crippen LogP contribution in [0.5, 0.6) is 0 Å². The molecule has 0 atom stereocenters. The van der Waals surface area contributed by atoms with Crippen molar-refractivity contribution in [1.82, 2.24) is 20.4 Å². The Morgan fingerprint density at radius 1 is 1.21 bits per heavy atom. The second kappa shape index (κ2) is 6.04. The molecule has 0 bridgehead atoms. The Morgan fingerprint density at radius 2 is 1.95 bits per heavy atom. The van der Waals surface area contributed by atoms with Crippen LogP contribution in [-0.4, -0.2) is 15.8 Å². The van der Waals surface area contributed by atoms with Crippen LogP contribution in [0.25, 0.3) is 0 Å². The molecule has 0 aliphatic heterocycles. The topological polar surface area (TPSA) is 59.0 Å². The normalized spacial score (nSPS) is 10.2. The maximum absolute atomic E-state index is 11.7. The fourth-order valence-corrected chi connectivity index (χ4v) is 1.79. The van der Waals surface area contributed by atoms with E-state index >= 15 is 0 Å². The van der Waals surface area contributed by atoms with Crippen molar-refractivity contribution in [2.75, 3.05) is 0 Å². The zero-order chi connectivity index (χ0) is 13.7. The van der Waals surface area contributed by atoms with Gasteiger partial charge in [-0.3, -0.25) is 4.68 Å². The van der Waals surface area contributed by atoms with Gasteiger partial charge in [0.2, 0.25) is 0 Å². The average molecular weight is 258 g/mol. The van der Waals surface area contributed by atoms with E-state index in [-0.39, 0.29) is 6.03 Å². The van der Waals surface area contributed by atoms with E-state index in [1.165, 1.54) is 5.56 Å². The summed E-state index contributed by atoms with van der Waals surface area (Å²) in [5.74, 6) is 0. The van der Waals surface area contributed by atoms with Gasteiger partial charge in [0.15, 0.2) is 0 Å². The number of aromatic nitrogens is 2. The molecule has 0 saturated heterocycles. The molecule has 5 heteroatoms. The van der Waals surface area contributed by atoms with E-state index in [9.17, 15) is 4.79 Å². The number of urea groups is 1. The van der Waals surface area contributed by atoms with Gasteiger partial charge in [-0.25, -0.2) is 4.79 Å². The van der Waals surface area contributed by atoms with Gasteiger partial charge in [0.05, 0.1) is 12.2 Å². The number of nitrogens with zero attached hydrogens (tertiary/aromatic N) is 2. The third kappa shape index (κ3) is 3.58. The van der Waals surface area contributed by atoms with Crippen molar-refractivity contribution < 1.29 is 4.79 Å². The third-order valence-corrected chi connectivity index (χ3v) is 3.05. The Morgan fingerprint density at radius 3 is 2.63 bits per heavy atom. The predicted octanol–water partition coefficient (Wildman–Crippen LogP) is 1.73. The van der Waals surface area contributed by atoms with Gasteiger partial charge in [-0.05, 0) is 24.1 Å². The number of amides is 2. The molecule has 0 radical (unpaired) electrons. The zero-order valence-corrected chi connectivity index (χ0v) is 11.2. The van der Waals surface area contributed by atoms with Crippen molar-refractivity contribution in [1.29, 1.82) is 0 Å². The van der Waals surface area contributed by atoms with E-state index in [0.29, 0.717) is 13.1 Å². The van der Waals surface area contributed by atoms with Crippen LogP contribution >= 0.6 is 0 Å². The Kier molecular flexibility index (Phi) is 4.18. The first-order chi connectivity index (χ1) is 9.16. The van der Waals surface area contributed by atoms with Crippen LogP contribution in [0.1, 0.15) is 16.8 Å². The van der Waals surface area contributed by atoms with Crippen LogP contribution in [0.15, 0.2) is 36.5 Å². The van der Waals surface area contributed by atoms with E-state index in [1.807, 2.05) is 44.3 Å². The lowest BCUT2D eigenvalue weighted by molar-refractivity contribution is 0.240. The Bertz CT molecular complexity index is 562. The van der Waals surface area contributed by atoms with Crippen molar-refractivity contribution in [3.05, 3.63) is 53.3 Å². The smallest absolute Gasteiger partial charge is 0.315 e. The quantitative estimate of drug-likeness (QED) is 0.877. The molecular weight excluding hydrogens is 240 g/mol. The minimum absolute atomic E-state index is 0.176. The molecule has 100 valence electrons. The van der Waals surface area contributed by atoms with Gasteiger partial charge in [0, 0.05) is 19.8 Å². The Balaban J connectivity index is 1.79. The second-order valence-electron chi connectivity index (χ2n) is 4.41. The molecule has 0 spiro atoms. The molecule has 0 aliphatic carbocycles. The van der Waals surface area contributed by atoms with Crippen molar-refractivity contribution in [3.63, 3.8) is 0 Å². The minimum atomic E-state index is -0.176. The van der Waals surface area contributed by atoms with E-state index in [0.717, 1.165) is 11.3 Å². The first kappa shape index (κ1) is 13.1. The molecule has 2 aromatic rings. The number of aryl methyl sites for hydroxylation is 2. The van der Waals surface area contributed by atoms with E-state index in [2.05, 4.69) is 15.7 Å². The van der Waals surface area contributed by atoms with Crippen LogP contribution in [0, 0.1) is 6.92 Å². The van der Waals surface area contributed by atoms with Crippen molar-refractivity contribution in [2.24, 2.45) is 7.05 Å². The molecular formula is C14H18N4O. The van der Waals surface area contributed by atoms with Crippen molar-refractivity contribution in [2.45, 2.75) is 20.0 Å². The SMILES string of the molecule is Cc1ccccc1CNC(=O)NCc1ccnn1C. The van der Waals surface area contributed by atoms with Gasteiger partial charge in [-0.1, -0.05) is 24.3 Å². The fraction of sp³-hybridized carbons (Fsp3) is 0.286. The number of hydrogen-bond donors (Lipinski definition) is 2. The first-order valence-corrected chi connectivity index (χ1v) is 6.20. The van der Waals surface area contributed by atoms with Crippen molar-refractivity contribution >= 4 is 6.03 Å². The predicted molar refractivity (Wildman–Crippen MR) is 73.5 cm³/mol. The van der Waals surface area contributed by atoms with E-state index in [4.69, 9.17) is 0 Å². The van der Waals surface area contributed by atoms with Gasteiger partial charge in [0.1, 0.15) is 0 Å². The molecule has 1 aromatic heterocycles. The highest BCUT2D eigenvalue weighted by Crippen LogP contribution is 2.05. The molecule has 1 aromatic carbocycles. The van der Waals surface area contributed by atoms with E-state index in [1.54, 1.807) is 10.9 Å². The summed E-state index contributed by atoms with van der Waals surface area (Å²) < 4.78 is 1.74. The number of nitrogens with one attached hydrogen (secondary N) is 2. The molecule has 2 amide bonds. The molecule has 0 aliphatic rings. The van der Waals surface area contributed by atoms with Crippen LogP contribution < -0.4 is 10.6 Å². The van der Waals surface area contributed by atoms with E-state index < -0.39 is 0 Å². The largest absolute Gasteiger partial charge is 0.334 e. The molecule has 5 nitrogen and oxygen atoms in total. The zero-order valence-electron chi connectivity index (χ0n) is 11.2. The average Bonchev–Trinajstić information content (AvgIpc) is 2.81. The van der Waals surface area contributed by atoms with Crippen LogP contribution in [0.2, 0.25) is 0 Å². The summed E-state index contributed by atoms with van der Waals surface area (Å²) in [6, 6.07) is 9.70. The number of benzene rings is 1. The van der Waals surface area contributed by atoms with Gasteiger partial charge >= 0.3 is 6.03 Å². The molecule has 0 fully saturated rings. The van der Waals surface area contributed by atoms with Crippen LogP contribution in [-0.2, 0) is 20.1 Å². The summed E-state index contributed by atoms with van der Waals surface area (Å²) in [7, 11) is 1.85. The molecule has 2 N–H and O–H groups in total. The maximum Gasteiger partial charge on any atom is 0.315 e. The first-order valence-electron chi connectivity index (χ1n) is 6.20. The lowest BCUT2D eigenvalue weighted by atomic mass is 10.1.